The van der Waals surface area contributed by atoms with Crippen molar-refractivity contribution in [1.82, 2.24) is 5.32 Å². The number of hydrogen-bond donors (Lipinski definition) is 4. The third kappa shape index (κ3) is 8.01. The van der Waals surface area contributed by atoms with Gasteiger partial charge in [-0.25, -0.2) is 14.0 Å². The largest absolute Gasteiger partial charge is 0.480 e. The molecule has 1 fully saturated rings. The van der Waals surface area contributed by atoms with Crippen LogP contribution >= 0.6 is 0 Å². The summed E-state index contributed by atoms with van der Waals surface area (Å²) in [5.74, 6) is -2.00. The minimum absolute atomic E-state index is 0.0843. The minimum atomic E-state index is -1.36. The second-order valence-corrected chi connectivity index (χ2v) is 10.7. The second kappa shape index (κ2) is 11.3. The highest BCUT2D eigenvalue weighted by Crippen LogP contribution is 2.34. The molecule has 0 spiro atoms. The number of halogens is 1. The number of benzene rings is 2. The Kier molecular flexibility index (Phi) is 8.58. The summed E-state index contributed by atoms with van der Waals surface area (Å²) in [5.41, 5.74) is 2.86. The predicted molar refractivity (Wildman–Crippen MR) is 141 cm³/mol. The molecule has 0 saturated heterocycles. The number of carboxylic acids is 1. The predicted octanol–water partition coefficient (Wildman–Crippen LogP) is 5.43. The molecule has 1 aliphatic carbocycles. The van der Waals surface area contributed by atoms with E-state index >= 15 is 0 Å². The Labute approximate surface area is 217 Å². The number of aliphatic carboxylic acids is 1. The molecule has 0 aromatic heterocycles. The Morgan fingerprint density at radius 2 is 1.70 bits per heavy atom. The van der Waals surface area contributed by atoms with E-state index in [4.69, 9.17) is 4.74 Å². The number of anilines is 2. The first-order valence-electron chi connectivity index (χ1n) is 12.4. The lowest BCUT2D eigenvalue weighted by atomic mass is 10.0. The maximum atomic E-state index is 14.1. The van der Waals surface area contributed by atoms with Gasteiger partial charge in [0.2, 0.25) is 0 Å². The number of urea groups is 1. The average molecular weight is 514 g/mol. The van der Waals surface area contributed by atoms with Crippen LogP contribution in [0.3, 0.4) is 0 Å². The lowest BCUT2D eigenvalue weighted by molar-refractivity contribution is -0.146. The van der Waals surface area contributed by atoms with Crippen molar-refractivity contribution in [3.05, 3.63) is 58.4 Å². The van der Waals surface area contributed by atoms with Gasteiger partial charge < -0.3 is 25.8 Å². The molecule has 2 aromatic carbocycles. The molecule has 4 N–H and O–H groups in total. The van der Waals surface area contributed by atoms with E-state index in [0.717, 1.165) is 35.6 Å². The number of hydrogen-bond acceptors (Lipinski definition) is 4. The molecule has 2 aromatic rings. The number of amides is 3. The van der Waals surface area contributed by atoms with Gasteiger partial charge in [0.25, 0.3) is 5.91 Å². The quantitative estimate of drug-likeness (QED) is 0.357. The van der Waals surface area contributed by atoms with Gasteiger partial charge >= 0.3 is 12.0 Å². The Bertz CT molecular complexity index is 1160. The normalized spacial score (nSPS) is 15.0. The fourth-order valence-electron chi connectivity index (χ4n) is 4.33. The van der Waals surface area contributed by atoms with Crippen molar-refractivity contribution >= 4 is 29.3 Å². The topological polar surface area (TPSA) is 117 Å². The fourth-order valence-corrected chi connectivity index (χ4v) is 4.33. The summed E-state index contributed by atoms with van der Waals surface area (Å²) in [4.78, 5) is 37.7. The molecule has 0 bridgehead atoms. The van der Waals surface area contributed by atoms with Crippen LogP contribution in [0.5, 0.6) is 0 Å². The highest BCUT2D eigenvalue weighted by atomic mass is 19.1. The van der Waals surface area contributed by atoms with Crippen LogP contribution in [-0.2, 0) is 16.0 Å². The first-order chi connectivity index (χ1) is 17.2. The Hall–Kier alpha value is -3.46. The number of carbonyl (C=O) groups excluding carboxylic acids is 2. The van der Waals surface area contributed by atoms with Crippen molar-refractivity contribution in [2.75, 3.05) is 10.6 Å². The van der Waals surface area contributed by atoms with Crippen LogP contribution < -0.4 is 16.0 Å². The molecule has 37 heavy (non-hydrogen) atoms. The molecule has 9 heteroatoms. The van der Waals surface area contributed by atoms with Crippen LogP contribution in [-0.4, -0.2) is 40.8 Å². The van der Waals surface area contributed by atoms with Crippen molar-refractivity contribution in [1.29, 1.82) is 0 Å². The van der Waals surface area contributed by atoms with Gasteiger partial charge in [0.1, 0.15) is 5.82 Å². The molecule has 1 aliphatic rings. The number of carboxylic acid groups (broad SMARTS) is 1. The summed E-state index contributed by atoms with van der Waals surface area (Å²) in [7, 11) is 0. The highest BCUT2D eigenvalue weighted by molar-refractivity contribution is 6.07. The molecule has 0 unspecified atom stereocenters. The highest BCUT2D eigenvalue weighted by Gasteiger charge is 2.31. The Morgan fingerprint density at radius 3 is 2.24 bits per heavy atom. The van der Waals surface area contributed by atoms with Crippen LogP contribution in [0.25, 0.3) is 0 Å². The average Bonchev–Trinajstić information content (AvgIpc) is 3.57. The third-order valence-electron chi connectivity index (χ3n) is 6.09. The summed E-state index contributed by atoms with van der Waals surface area (Å²) in [5, 5.41) is 17.4. The fraction of sp³-hybridized carbons (Fsp3) is 0.464. The summed E-state index contributed by atoms with van der Waals surface area (Å²) in [6, 6.07) is 5.35. The van der Waals surface area contributed by atoms with E-state index in [1.54, 1.807) is 27.7 Å². The number of aryl methyl sites for hydroxylation is 2. The molecule has 0 heterocycles. The smallest absolute Gasteiger partial charge is 0.328 e. The number of nitrogens with one attached hydrogen (secondary N) is 3. The van der Waals surface area contributed by atoms with Crippen molar-refractivity contribution in [2.24, 2.45) is 5.92 Å². The van der Waals surface area contributed by atoms with E-state index in [1.165, 1.54) is 24.5 Å². The van der Waals surface area contributed by atoms with Gasteiger partial charge in [-0.2, -0.15) is 0 Å². The molecule has 2 atom stereocenters. The van der Waals surface area contributed by atoms with Crippen molar-refractivity contribution in [3.8, 4) is 0 Å². The van der Waals surface area contributed by atoms with Crippen molar-refractivity contribution in [3.63, 3.8) is 0 Å². The van der Waals surface area contributed by atoms with Crippen LogP contribution in [0.4, 0.5) is 20.6 Å². The lowest BCUT2D eigenvalue weighted by Crippen LogP contribution is -2.50. The maximum Gasteiger partial charge on any atom is 0.328 e. The van der Waals surface area contributed by atoms with E-state index in [0.29, 0.717) is 5.69 Å². The third-order valence-corrected chi connectivity index (χ3v) is 6.09. The van der Waals surface area contributed by atoms with Crippen LogP contribution in [0.1, 0.15) is 67.6 Å². The van der Waals surface area contributed by atoms with Crippen molar-refractivity contribution in [2.45, 2.75) is 78.6 Å². The summed E-state index contributed by atoms with van der Waals surface area (Å²) < 4.78 is 19.8. The molecular formula is C28H36FN3O5. The van der Waals surface area contributed by atoms with Crippen LogP contribution in [0, 0.1) is 25.6 Å². The zero-order chi connectivity index (χ0) is 27.5. The van der Waals surface area contributed by atoms with E-state index in [1.807, 2.05) is 13.8 Å². The summed E-state index contributed by atoms with van der Waals surface area (Å²) in [6.07, 6.45) is 2.67. The first kappa shape index (κ1) is 28.1. The maximum absolute atomic E-state index is 14.1. The molecule has 200 valence electrons. The van der Waals surface area contributed by atoms with Crippen LogP contribution in [0.2, 0.25) is 0 Å². The molecule has 8 nitrogen and oxygen atoms in total. The summed E-state index contributed by atoms with van der Waals surface area (Å²) in [6.45, 7) is 10.7. The first-order valence-corrected chi connectivity index (χ1v) is 12.4. The van der Waals surface area contributed by atoms with Gasteiger partial charge in [-0.3, -0.25) is 4.79 Å². The van der Waals surface area contributed by atoms with Gasteiger partial charge in [-0.15, -0.1) is 0 Å². The Balaban J connectivity index is 1.76. The van der Waals surface area contributed by atoms with E-state index in [-0.39, 0.29) is 11.3 Å². The number of carbonyl (C=O) groups is 3. The molecule has 1 saturated carbocycles. The van der Waals surface area contributed by atoms with Crippen LogP contribution in [0.15, 0.2) is 30.3 Å². The SMILES string of the molecule is Cc1cc(CC2CC2)cc(C)c1NC(=O)Nc1cc(F)ccc1C(=O)N[C@H](C(=O)O)[C@@H](C)OC(C)(C)C. The minimum Gasteiger partial charge on any atom is -0.480 e. The monoisotopic (exact) mass is 513 g/mol. The lowest BCUT2D eigenvalue weighted by Gasteiger charge is -2.29. The van der Waals surface area contributed by atoms with Gasteiger partial charge in [-0.1, -0.05) is 12.1 Å². The van der Waals surface area contributed by atoms with E-state index in [2.05, 4.69) is 28.1 Å². The van der Waals surface area contributed by atoms with E-state index < -0.39 is 41.5 Å². The van der Waals surface area contributed by atoms with Gasteiger partial charge in [0.15, 0.2) is 6.04 Å². The van der Waals surface area contributed by atoms with Crippen molar-refractivity contribution < 1.29 is 28.6 Å². The second-order valence-electron chi connectivity index (χ2n) is 10.7. The number of rotatable bonds is 9. The number of ether oxygens (including phenoxy) is 1. The van der Waals surface area contributed by atoms with E-state index in [9.17, 15) is 23.9 Å². The molecule has 3 rings (SSSR count). The molecule has 0 aliphatic heterocycles. The molecule has 3 amide bonds. The summed E-state index contributed by atoms with van der Waals surface area (Å²) >= 11 is 0. The van der Waals surface area contributed by atoms with Gasteiger partial charge in [0, 0.05) is 5.69 Å². The standard InChI is InChI=1S/C28H36FN3O5/c1-15-11-19(13-18-7-8-18)12-16(2)23(15)32-27(36)30-22-14-20(29)9-10-21(22)25(33)31-24(26(34)35)17(3)37-28(4,5)6/h9-12,14,17-18,24H,7-8,13H2,1-6H3,(H,31,33)(H,34,35)(H2,30,32,36)/t17-,24+/m1/s1. The van der Waals surface area contributed by atoms with Gasteiger partial charge in [-0.05, 0) is 102 Å². The zero-order valence-electron chi connectivity index (χ0n) is 22.2. The Morgan fingerprint density at radius 1 is 1.08 bits per heavy atom. The molecule has 0 radical (unpaired) electrons. The van der Waals surface area contributed by atoms with Gasteiger partial charge in [0.05, 0.1) is 23.0 Å². The zero-order valence-corrected chi connectivity index (χ0v) is 22.2. The molecular weight excluding hydrogens is 477 g/mol.